The molecule has 0 radical (unpaired) electrons. The van der Waals surface area contributed by atoms with E-state index in [2.05, 4.69) is 31.6 Å². The lowest BCUT2D eigenvalue weighted by Crippen LogP contribution is -2.59. The molecule has 4 atom stereocenters. The molecule has 3 heterocycles. The van der Waals surface area contributed by atoms with Crippen LogP contribution in [0.4, 0.5) is 13.2 Å². The monoisotopic (exact) mass is 821 g/mol. The van der Waals surface area contributed by atoms with Crippen molar-refractivity contribution in [3.05, 3.63) is 108 Å². The molecule has 0 aliphatic carbocycles. The van der Waals surface area contributed by atoms with Crippen LogP contribution in [0.15, 0.2) is 91.1 Å². The first kappa shape index (κ1) is 43.8. The van der Waals surface area contributed by atoms with Crippen molar-refractivity contribution in [2.45, 2.75) is 56.0 Å². The van der Waals surface area contributed by atoms with Crippen molar-refractivity contribution in [2.75, 3.05) is 39.4 Å². The van der Waals surface area contributed by atoms with Crippen molar-refractivity contribution >= 4 is 46.4 Å². The van der Waals surface area contributed by atoms with E-state index in [0.717, 1.165) is 27.6 Å². The van der Waals surface area contributed by atoms with Gasteiger partial charge in [-0.1, -0.05) is 78.9 Å². The largest absolute Gasteiger partial charge is 0.490 e. The number of hydrogen-bond acceptors (Lipinski definition) is 8. The number of ether oxygens (including phenoxy) is 1. The lowest BCUT2D eigenvalue weighted by molar-refractivity contribution is -0.192. The number of carbonyl (C=O) groups is 6. The maximum Gasteiger partial charge on any atom is 0.490 e. The zero-order valence-electron chi connectivity index (χ0n) is 31.9. The Bertz CT molecular complexity index is 2060. The van der Waals surface area contributed by atoms with Crippen LogP contribution in [-0.2, 0) is 52.8 Å². The molecular formula is C41H46F3N7O8. The standard InChI is InChI=1S/C39H45N7O6.C2HF3O2/c47-35-22-34(44-36(48)25-46-15-17-52-18-16-46)37(49)41-24-29(19-26-9-3-1-4-10-26)42-38(50)32(20-27-11-5-2-6-12-27)45-39(51)33(43-35)21-28-23-40-31-14-8-7-13-30(28)31;3-2(4,5)1(6)7/h1-14,23,29,32-34,40H,15-22,24-25H2,(H,41,49)(H,42,50)(H,43,47)(H,44,48)(H,45,51);(H,6,7)/t29-,32+,33+,34-;/m1./s1. The molecule has 7 N–H and O–H groups in total. The normalized spacial score (nSPS) is 21.1. The fraction of sp³-hybridized carbons (Fsp3) is 0.366. The maximum absolute atomic E-state index is 14.2. The van der Waals surface area contributed by atoms with E-state index >= 15 is 0 Å². The highest BCUT2D eigenvalue weighted by Gasteiger charge is 2.38. The fourth-order valence-electron chi connectivity index (χ4n) is 6.63. The Morgan fingerprint density at radius 1 is 0.763 bits per heavy atom. The van der Waals surface area contributed by atoms with Crippen LogP contribution in [0.5, 0.6) is 0 Å². The number of morpholine rings is 1. The SMILES string of the molecule is O=C(O)C(F)(F)F.O=C1C[C@@H](NC(=O)CN2CCOCC2)C(=O)NC[C@@H](Cc2ccccc2)NC(=O)[C@H](Cc2ccccc2)NC(=O)[C@H](Cc2c[nH]c3ccccc23)N1. The van der Waals surface area contributed by atoms with Gasteiger partial charge in [0.25, 0.3) is 0 Å². The van der Waals surface area contributed by atoms with Gasteiger partial charge in [-0.2, -0.15) is 13.2 Å². The van der Waals surface area contributed by atoms with Gasteiger partial charge in [-0.25, -0.2) is 4.79 Å². The van der Waals surface area contributed by atoms with Gasteiger partial charge in [0.1, 0.15) is 18.1 Å². The number of halogens is 3. The average molecular weight is 822 g/mol. The summed E-state index contributed by atoms with van der Waals surface area (Å²) < 4.78 is 37.1. The van der Waals surface area contributed by atoms with Crippen molar-refractivity contribution in [1.29, 1.82) is 0 Å². The minimum absolute atomic E-state index is 0.0200. The number of amides is 5. The van der Waals surface area contributed by atoms with Crippen molar-refractivity contribution in [3.8, 4) is 0 Å². The van der Waals surface area contributed by atoms with Crippen LogP contribution in [0, 0.1) is 0 Å². The van der Waals surface area contributed by atoms with Crippen LogP contribution in [0.25, 0.3) is 10.9 Å². The molecule has 18 heteroatoms. The van der Waals surface area contributed by atoms with Gasteiger partial charge in [-0.15, -0.1) is 0 Å². The highest BCUT2D eigenvalue weighted by molar-refractivity contribution is 5.96. The number of carboxylic acids is 1. The summed E-state index contributed by atoms with van der Waals surface area (Å²) in [7, 11) is 0. The number of fused-ring (bicyclic) bond motifs is 1. The average Bonchev–Trinajstić information content (AvgIpc) is 3.62. The number of hydrogen-bond donors (Lipinski definition) is 7. The number of aromatic nitrogens is 1. The van der Waals surface area contributed by atoms with E-state index in [9.17, 15) is 37.1 Å². The van der Waals surface area contributed by atoms with Gasteiger partial charge in [-0.05, 0) is 29.2 Å². The number of nitrogens with one attached hydrogen (secondary N) is 6. The predicted octanol–water partition coefficient (Wildman–Crippen LogP) is 1.62. The number of nitrogens with zero attached hydrogens (tertiary/aromatic N) is 1. The molecule has 0 unspecified atom stereocenters. The van der Waals surface area contributed by atoms with Crippen LogP contribution in [0.3, 0.4) is 0 Å². The Kier molecular flexibility index (Phi) is 15.6. The van der Waals surface area contributed by atoms with Gasteiger partial charge in [0.2, 0.25) is 29.5 Å². The third-order valence-electron chi connectivity index (χ3n) is 9.61. The number of aromatic amines is 1. The van der Waals surface area contributed by atoms with E-state index in [4.69, 9.17) is 14.6 Å². The number of H-pyrrole nitrogens is 1. The first-order valence-electron chi connectivity index (χ1n) is 19.0. The summed E-state index contributed by atoms with van der Waals surface area (Å²) in [6.07, 6.45) is -3.00. The van der Waals surface area contributed by atoms with Crippen LogP contribution in [-0.4, -0.2) is 120 Å². The van der Waals surface area contributed by atoms with Crippen LogP contribution >= 0.6 is 0 Å². The molecule has 15 nitrogen and oxygen atoms in total. The maximum atomic E-state index is 14.2. The van der Waals surface area contributed by atoms with E-state index in [1.165, 1.54) is 0 Å². The number of carboxylic acid groups (broad SMARTS) is 1. The minimum atomic E-state index is -5.08. The lowest BCUT2D eigenvalue weighted by Gasteiger charge is -2.29. The van der Waals surface area contributed by atoms with E-state index in [-0.39, 0.29) is 25.9 Å². The van der Waals surface area contributed by atoms with Gasteiger partial charge in [0, 0.05) is 49.6 Å². The number of rotatable bonds is 9. The zero-order chi connectivity index (χ0) is 42.4. The molecule has 4 aromatic rings. The molecule has 0 spiro atoms. The molecule has 0 bridgehead atoms. The Balaban J connectivity index is 0.000000867. The summed E-state index contributed by atoms with van der Waals surface area (Å²) in [5, 5.41) is 22.4. The summed E-state index contributed by atoms with van der Waals surface area (Å²) in [6.45, 7) is 2.20. The minimum Gasteiger partial charge on any atom is -0.475 e. The summed E-state index contributed by atoms with van der Waals surface area (Å²) in [4.78, 5) is 82.9. The highest BCUT2D eigenvalue weighted by Crippen LogP contribution is 2.20. The van der Waals surface area contributed by atoms with Gasteiger partial charge in [0.05, 0.1) is 32.2 Å². The first-order valence-corrected chi connectivity index (χ1v) is 19.0. The lowest BCUT2D eigenvalue weighted by atomic mass is 10.0. The Labute approximate surface area is 337 Å². The van der Waals surface area contributed by atoms with Gasteiger partial charge in [-0.3, -0.25) is 28.9 Å². The van der Waals surface area contributed by atoms with Crippen LogP contribution in [0.2, 0.25) is 0 Å². The molecule has 0 saturated carbocycles. The molecule has 6 rings (SSSR count). The molecule has 2 aliphatic heterocycles. The molecule has 2 fully saturated rings. The molecule has 5 amide bonds. The first-order chi connectivity index (χ1) is 28.2. The van der Waals surface area contributed by atoms with E-state index in [0.29, 0.717) is 32.7 Å². The summed E-state index contributed by atoms with van der Waals surface area (Å²) in [5.74, 6) is -5.34. The number of aliphatic carboxylic acids is 1. The second-order valence-corrected chi connectivity index (χ2v) is 14.1. The number of alkyl halides is 3. The summed E-state index contributed by atoms with van der Waals surface area (Å²) in [6, 6.07) is 22.6. The molecule has 2 aliphatic rings. The fourth-order valence-corrected chi connectivity index (χ4v) is 6.63. The Hall–Kier alpha value is -6.27. The van der Waals surface area contributed by atoms with Crippen LogP contribution < -0.4 is 26.6 Å². The second-order valence-electron chi connectivity index (χ2n) is 14.1. The van der Waals surface area contributed by atoms with Crippen LogP contribution in [0.1, 0.15) is 23.1 Å². The van der Waals surface area contributed by atoms with Crippen molar-refractivity contribution < 1.29 is 51.8 Å². The third kappa shape index (κ3) is 13.7. The smallest absolute Gasteiger partial charge is 0.475 e. The third-order valence-corrected chi connectivity index (χ3v) is 9.61. The topological polar surface area (TPSA) is 211 Å². The molecular weight excluding hydrogens is 775 g/mol. The van der Waals surface area contributed by atoms with E-state index in [1.54, 1.807) is 6.20 Å². The molecule has 2 saturated heterocycles. The molecule has 59 heavy (non-hydrogen) atoms. The Morgan fingerprint density at radius 2 is 1.34 bits per heavy atom. The molecule has 314 valence electrons. The van der Waals surface area contributed by atoms with Gasteiger partial charge in [0.15, 0.2) is 0 Å². The van der Waals surface area contributed by atoms with Crippen molar-refractivity contribution in [3.63, 3.8) is 0 Å². The van der Waals surface area contributed by atoms with Gasteiger partial charge >= 0.3 is 12.1 Å². The Morgan fingerprint density at radius 3 is 1.98 bits per heavy atom. The van der Waals surface area contributed by atoms with Crippen molar-refractivity contribution in [2.24, 2.45) is 0 Å². The second kappa shape index (κ2) is 20.9. The number of benzene rings is 3. The van der Waals surface area contributed by atoms with Crippen molar-refractivity contribution in [1.82, 2.24) is 36.5 Å². The summed E-state index contributed by atoms with van der Waals surface area (Å²) in [5.41, 5.74) is 3.43. The predicted molar refractivity (Wildman–Crippen MR) is 209 cm³/mol. The molecule has 1 aromatic heterocycles. The van der Waals surface area contributed by atoms with Gasteiger partial charge < -0.3 is 41.4 Å². The highest BCUT2D eigenvalue weighted by atomic mass is 19.4. The number of carbonyl (C=O) groups excluding carboxylic acids is 5. The summed E-state index contributed by atoms with van der Waals surface area (Å²) >= 11 is 0. The number of para-hydroxylation sites is 1. The zero-order valence-corrected chi connectivity index (χ0v) is 31.9. The van der Waals surface area contributed by atoms with E-state index in [1.807, 2.05) is 89.8 Å². The van der Waals surface area contributed by atoms with E-state index < -0.39 is 72.3 Å². The molecule has 3 aromatic carbocycles. The quantitative estimate of drug-likeness (QED) is 0.131.